The lowest BCUT2D eigenvalue weighted by atomic mass is 9.91. The highest BCUT2D eigenvalue weighted by atomic mass is 16.5. The number of rotatable bonds is 3. The van der Waals surface area contributed by atoms with E-state index in [9.17, 15) is 0 Å². The predicted molar refractivity (Wildman–Crippen MR) is 63.7 cm³/mol. The first-order chi connectivity index (χ1) is 7.27. The van der Waals surface area contributed by atoms with Crippen molar-refractivity contribution < 1.29 is 4.74 Å². The molecule has 0 radical (unpaired) electrons. The molecule has 0 aromatic heterocycles. The van der Waals surface area contributed by atoms with Gasteiger partial charge in [0.25, 0.3) is 0 Å². The normalized spacial score (nSPS) is 23.4. The maximum atomic E-state index is 5.44. The van der Waals surface area contributed by atoms with Crippen LogP contribution in [-0.4, -0.2) is 13.2 Å². The molecule has 0 saturated carbocycles. The van der Waals surface area contributed by atoms with Gasteiger partial charge in [-0.05, 0) is 25.5 Å². The molecule has 2 rings (SSSR count). The highest BCUT2D eigenvalue weighted by Gasteiger charge is 2.30. The van der Waals surface area contributed by atoms with Crippen molar-refractivity contribution in [3.8, 4) is 5.75 Å². The van der Waals surface area contributed by atoms with E-state index < -0.39 is 0 Å². The van der Waals surface area contributed by atoms with E-state index >= 15 is 0 Å². The minimum absolute atomic E-state index is 0.524. The van der Waals surface area contributed by atoms with Gasteiger partial charge < -0.3 is 10.1 Å². The number of ether oxygens (including phenoxy) is 1. The van der Waals surface area contributed by atoms with Crippen LogP contribution in [0.15, 0.2) is 18.2 Å². The zero-order valence-electron chi connectivity index (χ0n) is 9.71. The maximum absolute atomic E-state index is 5.44. The Morgan fingerprint density at radius 1 is 1.40 bits per heavy atom. The first kappa shape index (κ1) is 10.3. The van der Waals surface area contributed by atoms with Crippen molar-refractivity contribution in [2.75, 3.05) is 12.4 Å². The summed E-state index contributed by atoms with van der Waals surface area (Å²) in [5.74, 6) is 1.63. The summed E-state index contributed by atoms with van der Waals surface area (Å²) in [7, 11) is 1.75. The van der Waals surface area contributed by atoms with Gasteiger partial charge in [-0.15, -0.1) is 0 Å². The monoisotopic (exact) mass is 205 g/mol. The molecule has 0 spiro atoms. The molecule has 0 amide bonds. The Morgan fingerprint density at radius 2 is 2.20 bits per heavy atom. The number of benzene rings is 1. The van der Waals surface area contributed by atoms with Crippen LogP contribution < -0.4 is 10.1 Å². The van der Waals surface area contributed by atoms with Gasteiger partial charge in [-0.2, -0.15) is 0 Å². The van der Waals surface area contributed by atoms with Crippen LogP contribution in [0.25, 0.3) is 0 Å². The summed E-state index contributed by atoms with van der Waals surface area (Å²) in [5.41, 5.74) is 2.62. The molecule has 1 aromatic rings. The van der Waals surface area contributed by atoms with E-state index in [4.69, 9.17) is 4.74 Å². The topological polar surface area (TPSA) is 21.3 Å². The van der Waals surface area contributed by atoms with E-state index in [2.05, 4.69) is 31.3 Å². The van der Waals surface area contributed by atoms with Crippen molar-refractivity contribution in [3.63, 3.8) is 0 Å². The number of hydrogen-bond donors (Lipinski definition) is 1. The minimum atomic E-state index is 0.524. The third kappa shape index (κ3) is 1.69. The number of nitrogens with one attached hydrogen (secondary N) is 1. The molecule has 1 unspecified atom stereocenters. The Bertz CT molecular complexity index is 348. The van der Waals surface area contributed by atoms with Crippen LogP contribution in [0.4, 0.5) is 5.69 Å². The molecule has 0 aliphatic carbocycles. The lowest BCUT2D eigenvalue weighted by Crippen LogP contribution is -2.15. The summed E-state index contributed by atoms with van der Waals surface area (Å²) in [6.07, 6.45) is 2.44. The largest absolute Gasteiger partial charge is 0.496 e. The third-order valence-electron chi connectivity index (χ3n) is 3.24. The van der Waals surface area contributed by atoms with Crippen LogP contribution in [0.5, 0.6) is 5.75 Å². The van der Waals surface area contributed by atoms with Gasteiger partial charge >= 0.3 is 0 Å². The van der Waals surface area contributed by atoms with Gasteiger partial charge in [0.1, 0.15) is 5.75 Å². The fourth-order valence-electron chi connectivity index (χ4n) is 2.53. The molecule has 2 atom stereocenters. The van der Waals surface area contributed by atoms with Crippen LogP contribution >= 0.6 is 0 Å². The average Bonchev–Trinajstić information content (AvgIpc) is 2.56. The second-order valence-corrected chi connectivity index (χ2v) is 4.25. The Morgan fingerprint density at radius 3 is 2.87 bits per heavy atom. The lowest BCUT2D eigenvalue weighted by Gasteiger charge is -2.16. The Kier molecular flexibility index (Phi) is 2.85. The fraction of sp³-hybridized carbons (Fsp3) is 0.538. The second-order valence-electron chi connectivity index (χ2n) is 4.25. The Labute approximate surface area is 91.6 Å². The van der Waals surface area contributed by atoms with Gasteiger partial charge in [0.05, 0.1) is 7.11 Å². The molecule has 2 heteroatoms. The molecule has 2 nitrogen and oxygen atoms in total. The van der Waals surface area contributed by atoms with E-state index in [0.717, 1.165) is 5.75 Å². The minimum Gasteiger partial charge on any atom is -0.496 e. The van der Waals surface area contributed by atoms with E-state index in [1.165, 1.54) is 24.1 Å². The van der Waals surface area contributed by atoms with Crippen LogP contribution in [0.1, 0.15) is 38.2 Å². The first-order valence-corrected chi connectivity index (χ1v) is 5.71. The summed E-state index contributed by atoms with van der Waals surface area (Å²) in [5, 5.41) is 3.53. The molecule has 0 saturated heterocycles. The highest BCUT2D eigenvalue weighted by molar-refractivity contribution is 5.64. The number of anilines is 1. The Hall–Kier alpha value is -1.18. The third-order valence-corrected chi connectivity index (χ3v) is 3.24. The summed E-state index contributed by atoms with van der Waals surface area (Å²) < 4.78 is 5.44. The van der Waals surface area contributed by atoms with E-state index in [-0.39, 0.29) is 0 Å². The zero-order valence-corrected chi connectivity index (χ0v) is 9.71. The van der Waals surface area contributed by atoms with Crippen LogP contribution in [0.2, 0.25) is 0 Å². The van der Waals surface area contributed by atoms with Gasteiger partial charge in [0.15, 0.2) is 0 Å². The fourth-order valence-corrected chi connectivity index (χ4v) is 2.53. The van der Waals surface area contributed by atoms with Crippen molar-refractivity contribution >= 4 is 5.69 Å². The molecule has 0 bridgehead atoms. The molecular weight excluding hydrogens is 186 g/mol. The van der Waals surface area contributed by atoms with Crippen LogP contribution in [-0.2, 0) is 0 Å². The van der Waals surface area contributed by atoms with Gasteiger partial charge in [0, 0.05) is 23.2 Å². The maximum Gasteiger partial charge on any atom is 0.124 e. The standard InChI is InChI=1S/C13H19NO/c1-4-6-10-9(2)14-11-7-5-8-12(15-3)13(10)11/h5,7-10,14H,4,6H2,1-3H3/t9?,10-/m1/s1. The van der Waals surface area contributed by atoms with E-state index in [1.807, 2.05) is 6.07 Å². The molecule has 1 aliphatic heterocycles. The van der Waals surface area contributed by atoms with Crippen molar-refractivity contribution in [1.29, 1.82) is 0 Å². The number of methoxy groups -OCH3 is 1. The lowest BCUT2D eigenvalue weighted by molar-refractivity contribution is 0.404. The van der Waals surface area contributed by atoms with Crippen LogP contribution in [0, 0.1) is 0 Å². The predicted octanol–water partition coefficient (Wildman–Crippen LogP) is 3.39. The number of hydrogen-bond acceptors (Lipinski definition) is 2. The van der Waals surface area contributed by atoms with Crippen molar-refractivity contribution in [3.05, 3.63) is 23.8 Å². The van der Waals surface area contributed by atoms with Gasteiger partial charge in [-0.1, -0.05) is 19.4 Å². The molecule has 1 heterocycles. The van der Waals surface area contributed by atoms with Gasteiger partial charge in [0.2, 0.25) is 0 Å². The van der Waals surface area contributed by atoms with Crippen LogP contribution in [0.3, 0.4) is 0 Å². The molecule has 1 aliphatic rings. The Balaban J connectivity index is 2.40. The molecule has 15 heavy (non-hydrogen) atoms. The molecule has 82 valence electrons. The molecule has 1 N–H and O–H groups in total. The molecule has 0 fully saturated rings. The van der Waals surface area contributed by atoms with Gasteiger partial charge in [-0.3, -0.25) is 0 Å². The molecule has 1 aromatic carbocycles. The summed E-state index contributed by atoms with van der Waals surface area (Å²) in [6.45, 7) is 4.49. The zero-order chi connectivity index (χ0) is 10.8. The average molecular weight is 205 g/mol. The molecular formula is C13H19NO. The highest BCUT2D eigenvalue weighted by Crippen LogP contribution is 2.43. The number of fused-ring (bicyclic) bond motifs is 1. The summed E-state index contributed by atoms with van der Waals surface area (Å²) in [4.78, 5) is 0. The first-order valence-electron chi connectivity index (χ1n) is 5.71. The summed E-state index contributed by atoms with van der Waals surface area (Å²) >= 11 is 0. The van der Waals surface area contributed by atoms with Crippen molar-refractivity contribution in [2.45, 2.75) is 38.6 Å². The smallest absolute Gasteiger partial charge is 0.124 e. The van der Waals surface area contributed by atoms with Crippen molar-refractivity contribution in [1.82, 2.24) is 0 Å². The van der Waals surface area contributed by atoms with Gasteiger partial charge in [-0.25, -0.2) is 0 Å². The van der Waals surface area contributed by atoms with Crippen molar-refractivity contribution in [2.24, 2.45) is 0 Å². The summed E-state index contributed by atoms with van der Waals surface area (Å²) in [6, 6.07) is 6.77. The SMILES string of the molecule is CCC[C@H]1c2c(cccc2OC)NC1C. The van der Waals surface area contributed by atoms with E-state index in [0.29, 0.717) is 12.0 Å². The quantitative estimate of drug-likeness (QED) is 0.816. The van der Waals surface area contributed by atoms with E-state index in [1.54, 1.807) is 7.11 Å². The second kappa shape index (κ2) is 4.13.